The summed E-state index contributed by atoms with van der Waals surface area (Å²) in [6, 6.07) is 13.9. The van der Waals surface area contributed by atoms with Crippen LogP contribution in [0.3, 0.4) is 0 Å². The van der Waals surface area contributed by atoms with Gasteiger partial charge in [0.05, 0.1) is 16.7 Å². The normalized spacial score (nSPS) is 18.9. The largest absolute Gasteiger partial charge is 0.416 e. The van der Waals surface area contributed by atoms with E-state index in [1.807, 2.05) is 25.1 Å². The van der Waals surface area contributed by atoms with Gasteiger partial charge in [-0.15, -0.1) is 0 Å². The summed E-state index contributed by atoms with van der Waals surface area (Å²) in [5, 5.41) is 14.1. The summed E-state index contributed by atoms with van der Waals surface area (Å²) >= 11 is 0. The van der Waals surface area contributed by atoms with E-state index in [2.05, 4.69) is 20.8 Å². The van der Waals surface area contributed by atoms with Crippen molar-refractivity contribution in [1.29, 1.82) is 0 Å². The average molecular weight is 412 g/mol. The van der Waals surface area contributed by atoms with Crippen LogP contribution in [0.4, 0.5) is 24.5 Å². The Labute approximate surface area is 171 Å². The molecule has 0 spiro atoms. The van der Waals surface area contributed by atoms with Gasteiger partial charge in [-0.3, -0.25) is 4.79 Å². The zero-order valence-electron chi connectivity index (χ0n) is 16.1. The van der Waals surface area contributed by atoms with Crippen molar-refractivity contribution < 1.29 is 18.0 Å². The molecule has 8 heteroatoms. The highest BCUT2D eigenvalue weighted by Gasteiger charge is 2.39. The predicted octanol–water partition coefficient (Wildman–Crippen LogP) is 4.68. The Balaban J connectivity index is 1.73. The van der Waals surface area contributed by atoms with Crippen LogP contribution in [0.25, 0.3) is 11.3 Å². The van der Waals surface area contributed by atoms with E-state index in [0.29, 0.717) is 35.6 Å². The van der Waals surface area contributed by atoms with Gasteiger partial charge in [-0.2, -0.15) is 23.4 Å². The molecule has 1 aromatic heterocycles. The molecule has 154 valence electrons. The molecular weight excluding hydrogens is 393 g/mol. The van der Waals surface area contributed by atoms with Crippen LogP contribution >= 0.6 is 0 Å². The lowest BCUT2D eigenvalue weighted by Crippen LogP contribution is -2.32. The molecule has 2 heterocycles. The fourth-order valence-electron chi connectivity index (χ4n) is 3.56. The first-order valence-electron chi connectivity index (χ1n) is 9.42. The van der Waals surface area contributed by atoms with Crippen molar-refractivity contribution in [3.8, 4) is 11.3 Å². The minimum Gasteiger partial charge on any atom is -0.355 e. The van der Waals surface area contributed by atoms with Gasteiger partial charge in [0, 0.05) is 29.7 Å². The van der Waals surface area contributed by atoms with Crippen LogP contribution in [-0.2, 0) is 16.4 Å². The standard InChI is InChI=1S/C22H19F3N4O/c1-21(10-12-26-20(21)30)15-6-9-18(17(13-15)19-3-2-11-27-29-19)28-16-7-4-14(5-8-16)22(23,24)25/h2-9,11,13,28H,10,12H2,1H3,(H,26,30). The number of nitrogens with zero attached hydrogens (tertiary/aromatic N) is 2. The number of carbonyl (C=O) groups excluding carboxylic acids is 1. The van der Waals surface area contributed by atoms with Crippen LogP contribution in [0.5, 0.6) is 0 Å². The molecule has 1 saturated heterocycles. The fourth-order valence-corrected chi connectivity index (χ4v) is 3.56. The van der Waals surface area contributed by atoms with Crippen molar-refractivity contribution in [1.82, 2.24) is 15.5 Å². The van der Waals surface area contributed by atoms with E-state index < -0.39 is 17.2 Å². The second-order valence-corrected chi connectivity index (χ2v) is 7.41. The first kappa shape index (κ1) is 19.9. The van der Waals surface area contributed by atoms with Crippen LogP contribution in [-0.4, -0.2) is 22.6 Å². The van der Waals surface area contributed by atoms with Crippen molar-refractivity contribution in [2.24, 2.45) is 0 Å². The fraction of sp³-hybridized carbons (Fsp3) is 0.227. The second kappa shape index (κ2) is 7.44. The van der Waals surface area contributed by atoms with Crippen LogP contribution < -0.4 is 10.6 Å². The van der Waals surface area contributed by atoms with Gasteiger partial charge < -0.3 is 10.6 Å². The molecule has 1 aliphatic heterocycles. The topological polar surface area (TPSA) is 66.9 Å². The number of nitrogens with one attached hydrogen (secondary N) is 2. The van der Waals surface area contributed by atoms with Crippen molar-refractivity contribution in [2.75, 3.05) is 11.9 Å². The molecule has 0 bridgehead atoms. The van der Waals surface area contributed by atoms with Gasteiger partial charge in [0.15, 0.2) is 0 Å². The number of amides is 1. The Kier molecular flexibility index (Phi) is 4.93. The number of hydrogen-bond acceptors (Lipinski definition) is 4. The second-order valence-electron chi connectivity index (χ2n) is 7.41. The summed E-state index contributed by atoms with van der Waals surface area (Å²) in [6.07, 6.45) is -2.15. The van der Waals surface area contributed by atoms with E-state index in [-0.39, 0.29) is 5.91 Å². The SMILES string of the molecule is CC1(c2ccc(Nc3ccc(C(F)(F)F)cc3)c(-c3cccnn3)c2)CCNC1=O. The molecule has 0 radical (unpaired) electrons. The third kappa shape index (κ3) is 3.72. The molecule has 4 rings (SSSR count). The predicted molar refractivity (Wildman–Crippen MR) is 107 cm³/mol. The number of rotatable bonds is 4. The molecule has 2 N–H and O–H groups in total. The number of aromatic nitrogens is 2. The van der Waals surface area contributed by atoms with Gasteiger partial charge in [0.1, 0.15) is 0 Å². The van der Waals surface area contributed by atoms with E-state index in [1.165, 1.54) is 12.1 Å². The van der Waals surface area contributed by atoms with Crippen LogP contribution in [0.15, 0.2) is 60.8 Å². The zero-order valence-corrected chi connectivity index (χ0v) is 16.1. The van der Waals surface area contributed by atoms with Gasteiger partial charge in [0.2, 0.25) is 5.91 Å². The molecule has 1 fully saturated rings. The maximum atomic E-state index is 12.8. The van der Waals surface area contributed by atoms with Crippen molar-refractivity contribution in [3.05, 3.63) is 71.9 Å². The molecule has 1 atom stereocenters. The maximum Gasteiger partial charge on any atom is 0.416 e. The highest BCUT2D eigenvalue weighted by atomic mass is 19.4. The van der Waals surface area contributed by atoms with Gasteiger partial charge >= 0.3 is 6.18 Å². The molecular formula is C22H19F3N4O. The lowest BCUT2D eigenvalue weighted by molar-refractivity contribution is -0.137. The van der Waals surface area contributed by atoms with Gasteiger partial charge in [-0.05, 0) is 67.4 Å². The first-order valence-corrected chi connectivity index (χ1v) is 9.42. The number of alkyl halides is 3. The average Bonchev–Trinajstić information content (AvgIpc) is 3.08. The third-order valence-corrected chi connectivity index (χ3v) is 5.41. The number of hydrogen-bond donors (Lipinski definition) is 2. The summed E-state index contributed by atoms with van der Waals surface area (Å²) in [6.45, 7) is 2.51. The number of carbonyl (C=O) groups is 1. The Morgan fingerprint density at radius 3 is 2.47 bits per heavy atom. The summed E-state index contributed by atoms with van der Waals surface area (Å²) < 4.78 is 38.5. The molecule has 1 unspecified atom stereocenters. The summed E-state index contributed by atoms with van der Waals surface area (Å²) in [5.41, 5.74) is 1.95. The highest BCUT2D eigenvalue weighted by molar-refractivity contribution is 5.91. The van der Waals surface area contributed by atoms with Crippen molar-refractivity contribution in [2.45, 2.75) is 24.9 Å². The van der Waals surface area contributed by atoms with E-state index in [4.69, 9.17) is 0 Å². The van der Waals surface area contributed by atoms with Crippen LogP contribution in [0, 0.1) is 0 Å². The monoisotopic (exact) mass is 412 g/mol. The molecule has 1 aliphatic rings. The molecule has 3 aromatic rings. The third-order valence-electron chi connectivity index (χ3n) is 5.41. The molecule has 1 amide bonds. The van der Waals surface area contributed by atoms with Crippen molar-refractivity contribution >= 4 is 17.3 Å². The summed E-state index contributed by atoms with van der Waals surface area (Å²) in [5.74, 6) is -0.0314. The summed E-state index contributed by atoms with van der Waals surface area (Å²) in [7, 11) is 0. The van der Waals surface area contributed by atoms with E-state index in [0.717, 1.165) is 17.7 Å². The van der Waals surface area contributed by atoms with Gasteiger partial charge in [-0.25, -0.2) is 0 Å². The molecule has 2 aromatic carbocycles. The molecule has 0 aliphatic carbocycles. The first-order chi connectivity index (χ1) is 14.3. The van der Waals surface area contributed by atoms with Gasteiger partial charge in [0.25, 0.3) is 0 Å². The molecule has 30 heavy (non-hydrogen) atoms. The van der Waals surface area contributed by atoms with Crippen LogP contribution in [0.1, 0.15) is 24.5 Å². The van der Waals surface area contributed by atoms with E-state index in [1.54, 1.807) is 18.3 Å². The smallest absolute Gasteiger partial charge is 0.355 e. The minimum absolute atomic E-state index is 0.0314. The lowest BCUT2D eigenvalue weighted by atomic mass is 9.80. The Hall–Kier alpha value is -3.42. The zero-order chi connectivity index (χ0) is 21.4. The highest BCUT2D eigenvalue weighted by Crippen LogP contribution is 2.37. The van der Waals surface area contributed by atoms with Gasteiger partial charge in [-0.1, -0.05) is 6.07 Å². The van der Waals surface area contributed by atoms with Crippen molar-refractivity contribution in [3.63, 3.8) is 0 Å². The van der Waals surface area contributed by atoms with Crippen LogP contribution in [0.2, 0.25) is 0 Å². The molecule has 5 nitrogen and oxygen atoms in total. The number of anilines is 2. The van der Waals surface area contributed by atoms with E-state index in [9.17, 15) is 18.0 Å². The Morgan fingerprint density at radius 2 is 1.87 bits per heavy atom. The minimum atomic E-state index is -4.39. The molecule has 0 saturated carbocycles. The quantitative estimate of drug-likeness (QED) is 0.653. The Morgan fingerprint density at radius 1 is 1.10 bits per heavy atom. The number of halogens is 3. The summed E-state index contributed by atoms with van der Waals surface area (Å²) in [4.78, 5) is 12.4. The number of benzene rings is 2. The lowest BCUT2D eigenvalue weighted by Gasteiger charge is -2.23. The van der Waals surface area contributed by atoms with E-state index >= 15 is 0 Å². The maximum absolute atomic E-state index is 12.8. The Bertz CT molecular complexity index is 1070.